The lowest BCUT2D eigenvalue weighted by atomic mass is 9.78. The Morgan fingerprint density at radius 1 is 1.28 bits per heavy atom. The van der Waals surface area contributed by atoms with Gasteiger partial charge in [0, 0.05) is 29.0 Å². The fraction of sp³-hybridized carbons (Fsp3) is 0.154. The topological polar surface area (TPSA) is 51.6 Å². The van der Waals surface area contributed by atoms with Crippen molar-refractivity contribution in [2.75, 3.05) is 0 Å². The number of pyridine rings is 1. The average Bonchev–Trinajstić information content (AvgIpc) is 2.47. The second-order valence-corrected chi connectivity index (χ2v) is 4.11. The highest BCUT2D eigenvalue weighted by atomic mass is 16.6. The lowest BCUT2D eigenvalue weighted by molar-refractivity contribution is 0.230. The number of aromatic nitrogens is 1. The van der Waals surface area contributed by atoms with Crippen LogP contribution in [0.1, 0.15) is 11.1 Å². The van der Waals surface area contributed by atoms with Crippen molar-refractivity contribution in [3.05, 3.63) is 53.9 Å². The first kappa shape index (κ1) is 11.3. The number of aliphatic hydroxyl groups is 1. The predicted octanol–water partition coefficient (Wildman–Crippen LogP) is 0.878. The van der Waals surface area contributed by atoms with Crippen molar-refractivity contribution in [3.8, 4) is 5.75 Å². The highest BCUT2D eigenvalue weighted by Crippen LogP contribution is 2.29. The molecule has 0 bridgehead atoms. The normalized spacial score (nSPS) is 13.9. The van der Waals surface area contributed by atoms with Crippen LogP contribution in [0.2, 0.25) is 0 Å². The Hall–Kier alpha value is -1.85. The summed E-state index contributed by atoms with van der Waals surface area (Å²) in [6, 6.07) is 9.43. The number of hydrogen-bond acceptors (Lipinski definition) is 4. The Labute approximate surface area is 105 Å². The second kappa shape index (κ2) is 4.80. The number of hydrogen-bond donors (Lipinski definition) is 1. The molecule has 2 heterocycles. The first-order valence-electron chi connectivity index (χ1n) is 5.78. The summed E-state index contributed by atoms with van der Waals surface area (Å²) >= 11 is 0. The van der Waals surface area contributed by atoms with Crippen LogP contribution in [0.25, 0.3) is 0 Å². The van der Waals surface area contributed by atoms with E-state index in [-0.39, 0.29) is 6.61 Å². The average molecular weight is 241 g/mol. The van der Waals surface area contributed by atoms with Crippen LogP contribution in [-0.2, 0) is 17.9 Å². The van der Waals surface area contributed by atoms with Gasteiger partial charge in [-0.2, -0.15) is 0 Å². The maximum absolute atomic E-state index is 9.32. The molecule has 0 aliphatic carbocycles. The molecule has 1 aliphatic rings. The molecule has 5 heteroatoms. The quantitative estimate of drug-likeness (QED) is 0.793. The molecular formula is C13H12BNO3. The first-order chi connectivity index (χ1) is 8.88. The van der Waals surface area contributed by atoms with Gasteiger partial charge in [-0.25, -0.2) is 0 Å². The van der Waals surface area contributed by atoms with Crippen LogP contribution >= 0.6 is 0 Å². The Bertz CT molecular complexity index is 533. The third-order valence-corrected chi connectivity index (χ3v) is 2.92. The smallest absolute Gasteiger partial charge is 0.532 e. The molecule has 0 amide bonds. The van der Waals surface area contributed by atoms with E-state index in [9.17, 15) is 5.11 Å². The molecule has 90 valence electrons. The summed E-state index contributed by atoms with van der Waals surface area (Å²) in [6.07, 6.45) is 3.43. The van der Waals surface area contributed by atoms with Gasteiger partial charge in [-0.3, -0.25) is 4.98 Å². The van der Waals surface area contributed by atoms with Gasteiger partial charge >= 0.3 is 7.12 Å². The van der Waals surface area contributed by atoms with Crippen molar-refractivity contribution in [2.24, 2.45) is 0 Å². The van der Waals surface area contributed by atoms with Crippen LogP contribution in [0, 0.1) is 0 Å². The molecule has 3 rings (SSSR count). The van der Waals surface area contributed by atoms with E-state index in [0.717, 1.165) is 22.3 Å². The van der Waals surface area contributed by atoms with Gasteiger partial charge < -0.3 is 14.4 Å². The van der Waals surface area contributed by atoms with Gasteiger partial charge in [-0.1, -0.05) is 24.3 Å². The third kappa shape index (κ3) is 1.98. The van der Waals surface area contributed by atoms with Crippen molar-refractivity contribution in [2.45, 2.75) is 13.2 Å². The minimum atomic E-state index is -0.459. The van der Waals surface area contributed by atoms with Crippen molar-refractivity contribution in [1.82, 2.24) is 4.98 Å². The Morgan fingerprint density at radius 2 is 2.22 bits per heavy atom. The lowest BCUT2D eigenvalue weighted by Gasteiger charge is -2.25. The molecule has 0 radical (unpaired) electrons. The van der Waals surface area contributed by atoms with Gasteiger partial charge in [0.25, 0.3) is 0 Å². The molecular weight excluding hydrogens is 229 g/mol. The van der Waals surface area contributed by atoms with Crippen molar-refractivity contribution < 1.29 is 14.4 Å². The van der Waals surface area contributed by atoms with E-state index in [2.05, 4.69) is 4.98 Å². The molecule has 4 nitrogen and oxygen atoms in total. The minimum absolute atomic E-state index is 0.0388. The van der Waals surface area contributed by atoms with Crippen LogP contribution in [0.5, 0.6) is 5.75 Å². The van der Waals surface area contributed by atoms with E-state index >= 15 is 0 Å². The molecule has 0 saturated heterocycles. The fourth-order valence-corrected chi connectivity index (χ4v) is 2.01. The second-order valence-electron chi connectivity index (χ2n) is 4.11. The molecule has 2 aromatic rings. The molecule has 0 fully saturated rings. The van der Waals surface area contributed by atoms with Crippen LogP contribution in [0.4, 0.5) is 0 Å². The first-order valence-corrected chi connectivity index (χ1v) is 5.78. The highest BCUT2D eigenvalue weighted by molar-refractivity contribution is 6.62. The van der Waals surface area contributed by atoms with Crippen molar-refractivity contribution in [1.29, 1.82) is 0 Å². The summed E-state index contributed by atoms with van der Waals surface area (Å²) in [6.45, 7) is 0.436. The Balaban J connectivity index is 1.93. The Kier molecular flexibility index (Phi) is 3.00. The molecule has 1 aliphatic heterocycles. The van der Waals surface area contributed by atoms with E-state index in [4.69, 9.17) is 9.31 Å². The van der Waals surface area contributed by atoms with E-state index in [1.165, 1.54) is 0 Å². The van der Waals surface area contributed by atoms with Gasteiger partial charge in [0.1, 0.15) is 5.75 Å². The zero-order valence-electron chi connectivity index (χ0n) is 9.74. The van der Waals surface area contributed by atoms with Crippen LogP contribution in [0.15, 0.2) is 42.7 Å². The van der Waals surface area contributed by atoms with Crippen LogP contribution in [0.3, 0.4) is 0 Å². The number of rotatable bonds is 2. The van der Waals surface area contributed by atoms with E-state index in [0.29, 0.717) is 6.61 Å². The molecule has 1 aromatic carbocycles. The molecule has 1 aromatic heterocycles. The van der Waals surface area contributed by atoms with Gasteiger partial charge in [0.2, 0.25) is 0 Å². The van der Waals surface area contributed by atoms with Crippen molar-refractivity contribution >= 4 is 12.6 Å². The van der Waals surface area contributed by atoms with Gasteiger partial charge in [0.15, 0.2) is 0 Å². The number of para-hydroxylation sites is 1. The summed E-state index contributed by atoms with van der Waals surface area (Å²) in [5.74, 6) is 0.722. The zero-order chi connectivity index (χ0) is 12.4. The summed E-state index contributed by atoms with van der Waals surface area (Å²) in [5.41, 5.74) is 2.61. The fourth-order valence-electron chi connectivity index (χ4n) is 2.01. The predicted molar refractivity (Wildman–Crippen MR) is 67.4 cm³/mol. The largest absolute Gasteiger partial charge is 0.564 e. The molecule has 0 spiro atoms. The van der Waals surface area contributed by atoms with Crippen molar-refractivity contribution in [3.63, 3.8) is 0 Å². The van der Waals surface area contributed by atoms with E-state index in [1.54, 1.807) is 12.4 Å². The maximum atomic E-state index is 9.32. The highest BCUT2D eigenvalue weighted by Gasteiger charge is 2.30. The summed E-state index contributed by atoms with van der Waals surface area (Å²) < 4.78 is 11.5. The SMILES string of the molecule is OCc1cccc2c1OB(c1cccnc1)OC2. The summed E-state index contributed by atoms with van der Waals surface area (Å²) in [5, 5.41) is 9.32. The standard InChI is InChI=1S/C13H12BNO3/c16-8-10-3-1-4-11-9-17-14(18-13(10)11)12-5-2-6-15-7-12/h1-7,16H,8-9H2. The number of fused-ring (bicyclic) bond motifs is 1. The maximum Gasteiger partial charge on any atom is 0.564 e. The van der Waals surface area contributed by atoms with E-state index < -0.39 is 7.12 Å². The van der Waals surface area contributed by atoms with Crippen LogP contribution < -0.4 is 10.1 Å². The number of aliphatic hydroxyl groups excluding tert-OH is 1. The van der Waals surface area contributed by atoms with E-state index in [1.807, 2.05) is 30.3 Å². The molecule has 0 atom stereocenters. The lowest BCUT2D eigenvalue weighted by Crippen LogP contribution is -2.42. The third-order valence-electron chi connectivity index (χ3n) is 2.92. The van der Waals surface area contributed by atoms with Gasteiger partial charge in [-0.15, -0.1) is 0 Å². The van der Waals surface area contributed by atoms with Gasteiger partial charge in [-0.05, 0) is 6.07 Å². The zero-order valence-corrected chi connectivity index (χ0v) is 9.74. The Morgan fingerprint density at radius 3 is 3.00 bits per heavy atom. The molecule has 0 unspecified atom stereocenters. The molecule has 1 N–H and O–H groups in total. The molecule has 0 saturated carbocycles. The number of nitrogens with zero attached hydrogens (tertiary/aromatic N) is 1. The monoisotopic (exact) mass is 241 g/mol. The number of benzene rings is 1. The minimum Gasteiger partial charge on any atom is -0.532 e. The summed E-state index contributed by atoms with van der Waals surface area (Å²) in [4.78, 5) is 4.05. The summed E-state index contributed by atoms with van der Waals surface area (Å²) in [7, 11) is -0.459. The van der Waals surface area contributed by atoms with Crippen LogP contribution in [-0.4, -0.2) is 17.2 Å². The molecule has 18 heavy (non-hydrogen) atoms. The van der Waals surface area contributed by atoms with Gasteiger partial charge in [0.05, 0.1) is 13.2 Å².